The average molecular weight is 287 g/mol. The molecule has 112 valence electrons. The summed E-state index contributed by atoms with van der Waals surface area (Å²) in [4.78, 5) is 25.8. The highest BCUT2D eigenvalue weighted by Crippen LogP contribution is 2.46. The van der Waals surface area contributed by atoms with E-state index in [2.05, 4.69) is 6.92 Å². The van der Waals surface area contributed by atoms with Gasteiger partial charge in [0.25, 0.3) is 0 Å². The third-order valence-corrected chi connectivity index (χ3v) is 5.07. The zero-order valence-electron chi connectivity index (χ0n) is 12.3. The lowest BCUT2D eigenvalue weighted by Crippen LogP contribution is -2.53. The first-order valence-electron chi connectivity index (χ1n) is 7.61. The third kappa shape index (κ3) is 2.33. The molecule has 2 aliphatic rings. The minimum absolute atomic E-state index is 0.0101. The van der Waals surface area contributed by atoms with Crippen LogP contribution in [0.3, 0.4) is 0 Å². The lowest BCUT2D eigenvalue weighted by Gasteiger charge is -2.49. The lowest BCUT2D eigenvalue weighted by molar-refractivity contribution is -0.163. The standard InChI is InChI=1S/C17H21NO3/c1-12-11-18(15(12)13-6-3-2-4-7-13)14(19)10-17(16(20)21)8-5-9-17/h2-4,6-7,12,15H,5,8-11H2,1H3,(H,20,21). The van der Waals surface area contributed by atoms with Gasteiger partial charge in [-0.2, -0.15) is 0 Å². The van der Waals surface area contributed by atoms with E-state index in [9.17, 15) is 14.7 Å². The number of carbonyl (C=O) groups is 2. The molecule has 4 heteroatoms. The molecule has 1 amide bonds. The fraction of sp³-hybridized carbons (Fsp3) is 0.529. The van der Waals surface area contributed by atoms with Gasteiger partial charge in [0.2, 0.25) is 5.91 Å². The zero-order valence-corrected chi connectivity index (χ0v) is 12.3. The van der Waals surface area contributed by atoms with E-state index in [1.165, 1.54) is 0 Å². The number of amides is 1. The molecule has 1 aliphatic carbocycles. The number of hydrogen-bond donors (Lipinski definition) is 1. The smallest absolute Gasteiger partial charge is 0.310 e. The van der Waals surface area contributed by atoms with Gasteiger partial charge in [-0.15, -0.1) is 0 Å². The Morgan fingerprint density at radius 3 is 2.43 bits per heavy atom. The van der Waals surface area contributed by atoms with Crippen LogP contribution in [-0.4, -0.2) is 28.4 Å². The summed E-state index contributed by atoms with van der Waals surface area (Å²) in [5, 5.41) is 9.37. The van der Waals surface area contributed by atoms with Crippen LogP contribution >= 0.6 is 0 Å². The number of carbonyl (C=O) groups excluding carboxylic acids is 1. The van der Waals surface area contributed by atoms with E-state index in [4.69, 9.17) is 0 Å². The third-order valence-electron chi connectivity index (χ3n) is 5.07. The molecule has 21 heavy (non-hydrogen) atoms. The Morgan fingerprint density at radius 1 is 1.29 bits per heavy atom. The summed E-state index contributed by atoms with van der Waals surface area (Å²) in [6, 6.07) is 10.1. The fourth-order valence-electron chi connectivity index (χ4n) is 3.57. The van der Waals surface area contributed by atoms with E-state index >= 15 is 0 Å². The van der Waals surface area contributed by atoms with Crippen LogP contribution in [0.25, 0.3) is 0 Å². The molecule has 1 saturated heterocycles. The molecule has 1 N–H and O–H groups in total. The van der Waals surface area contributed by atoms with Crippen LogP contribution in [0.15, 0.2) is 30.3 Å². The molecular weight excluding hydrogens is 266 g/mol. The molecule has 1 aromatic rings. The maximum absolute atomic E-state index is 12.5. The van der Waals surface area contributed by atoms with E-state index in [1.807, 2.05) is 35.2 Å². The van der Waals surface area contributed by atoms with Crippen molar-refractivity contribution in [1.29, 1.82) is 0 Å². The number of carboxylic acid groups (broad SMARTS) is 1. The van der Waals surface area contributed by atoms with Crippen molar-refractivity contribution in [2.45, 2.75) is 38.6 Å². The van der Waals surface area contributed by atoms with E-state index in [1.54, 1.807) is 0 Å². The molecule has 1 saturated carbocycles. The Bertz CT molecular complexity index is 550. The molecule has 1 heterocycles. The highest BCUT2D eigenvalue weighted by Gasteiger charge is 2.49. The minimum atomic E-state index is -0.813. The van der Waals surface area contributed by atoms with E-state index in [0.29, 0.717) is 18.8 Å². The number of aliphatic carboxylic acids is 1. The maximum Gasteiger partial charge on any atom is 0.310 e. The molecule has 2 unspecified atom stereocenters. The van der Waals surface area contributed by atoms with Crippen molar-refractivity contribution in [3.05, 3.63) is 35.9 Å². The Kier molecular flexibility index (Phi) is 3.47. The van der Waals surface area contributed by atoms with Gasteiger partial charge in [-0.05, 0) is 24.3 Å². The van der Waals surface area contributed by atoms with E-state index in [-0.39, 0.29) is 18.4 Å². The van der Waals surface area contributed by atoms with Crippen molar-refractivity contribution in [3.63, 3.8) is 0 Å². The molecule has 0 bridgehead atoms. The van der Waals surface area contributed by atoms with Gasteiger partial charge in [-0.25, -0.2) is 0 Å². The van der Waals surface area contributed by atoms with Gasteiger partial charge in [-0.3, -0.25) is 9.59 Å². The predicted molar refractivity (Wildman–Crippen MR) is 78.6 cm³/mol. The van der Waals surface area contributed by atoms with Crippen LogP contribution in [0.4, 0.5) is 0 Å². The summed E-state index contributed by atoms with van der Waals surface area (Å²) < 4.78 is 0. The molecule has 1 aliphatic heterocycles. The van der Waals surface area contributed by atoms with E-state index in [0.717, 1.165) is 18.5 Å². The van der Waals surface area contributed by atoms with Gasteiger partial charge in [0.1, 0.15) is 0 Å². The number of rotatable bonds is 4. The summed E-state index contributed by atoms with van der Waals surface area (Å²) in [7, 11) is 0. The first-order valence-corrected chi connectivity index (χ1v) is 7.61. The van der Waals surface area contributed by atoms with Crippen molar-refractivity contribution < 1.29 is 14.7 Å². The molecule has 2 atom stereocenters. The highest BCUT2D eigenvalue weighted by atomic mass is 16.4. The van der Waals surface area contributed by atoms with Crippen LogP contribution < -0.4 is 0 Å². The second kappa shape index (κ2) is 5.17. The molecule has 4 nitrogen and oxygen atoms in total. The van der Waals surface area contributed by atoms with Crippen molar-refractivity contribution in [1.82, 2.24) is 4.90 Å². The molecule has 3 rings (SSSR count). The molecular formula is C17H21NO3. The summed E-state index contributed by atoms with van der Waals surface area (Å²) in [6.45, 7) is 2.87. The van der Waals surface area contributed by atoms with Crippen LogP contribution in [-0.2, 0) is 9.59 Å². The molecule has 1 aromatic carbocycles. The molecule has 0 aromatic heterocycles. The van der Waals surface area contributed by atoms with Crippen LogP contribution in [0.2, 0.25) is 0 Å². The van der Waals surface area contributed by atoms with E-state index < -0.39 is 11.4 Å². The Morgan fingerprint density at radius 2 is 1.95 bits per heavy atom. The largest absolute Gasteiger partial charge is 0.481 e. The normalized spacial score (nSPS) is 26.6. The quantitative estimate of drug-likeness (QED) is 0.926. The van der Waals surface area contributed by atoms with Gasteiger partial charge < -0.3 is 10.0 Å². The summed E-state index contributed by atoms with van der Waals surface area (Å²) in [5.41, 5.74) is 0.347. The van der Waals surface area contributed by atoms with Gasteiger partial charge in [-0.1, -0.05) is 43.7 Å². The Labute approximate surface area is 124 Å². The predicted octanol–water partition coefficient (Wildman–Crippen LogP) is 2.85. The summed E-state index contributed by atoms with van der Waals surface area (Å²) in [6.07, 6.45) is 2.33. The van der Waals surface area contributed by atoms with Gasteiger partial charge >= 0.3 is 5.97 Å². The van der Waals surface area contributed by atoms with Crippen molar-refractivity contribution in [2.75, 3.05) is 6.54 Å². The number of likely N-dealkylation sites (tertiary alicyclic amines) is 1. The van der Waals surface area contributed by atoms with Gasteiger partial charge in [0, 0.05) is 13.0 Å². The summed E-state index contributed by atoms with van der Waals surface area (Å²) in [5.74, 6) is -0.394. The average Bonchev–Trinajstić information content (AvgIpc) is 2.40. The monoisotopic (exact) mass is 287 g/mol. The number of nitrogens with zero attached hydrogens (tertiary/aromatic N) is 1. The lowest BCUT2D eigenvalue weighted by atomic mass is 9.66. The Balaban J connectivity index is 1.72. The number of carboxylic acids is 1. The molecule has 0 radical (unpaired) electrons. The number of hydrogen-bond acceptors (Lipinski definition) is 2. The molecule has 2 fully saturated rings. The number of benzene rings is 1. The first-order chi connectivity index (χ1) is 10.0. The van der Waals surface area contributed by atoms with Crippen LogP contribution in [0.5, 0.6) is 0 Å². The van der Waals surface area contributed by atoms with Crippen LogP contribution in [0, 0.1) is 11.3 Å². The minimum Gasteiger partial charge on any atom is -0.481 e. The summed E-state index contributed by atoms with van der Waals surface area (Å²) >= 11 is 0. The second-order valence-corrected chi connectivity index (χ2v) is 6.49. The topological polar surface area (TPSA) is 57.6 Å². The van der Waals surface area contributed by atoms with Gasteiger partial charge in [0.15, 0.2) is 0 Å². The first kappa shape index (κ1) is 14.1. The zero-order chi connectivity index (χ0) is 15.0. The second-order valence-electron chi connectivity index (χ2n) is 6.49. The Hall–Kier alpha value is -1.84. The van der Waals surface area contributed by atoms with Crippen LogP contribution in [0.1, 0.15) is 44.2 Å². The highest BCUT2D eigenvalue weighted by molar-refractivity contribution is 5.86. The van der Waals surface area contributed by atoms with Crippen molar-refractivity contribution >= 4 is 11.9 Å². The van der Waals surface area contributed by atoms with Crippen molar-refractivity contribution in [2.24, 2.45) is 11.3 Å². The fourth-order valence-corrected chi connectivity index (χ4v) is 3.57. The van der Waals surface area contributed by atoms with Gasteiger partial charge in [0.05, 0.1) is 11.5 Å². The molecule has 0 spiro atoms. The van der Waals surface area contributed by atoms with Crippen molar-refractivity contribution in [3.8, 4) is 0 Å². The SMILES string of the molecule is CC1CN(C(=O)CC2(C(=O)O)CCC2)C1c1ccccc1. The maximum atomic E-state index is 12.5.